The highest BCUT2D eigenvalue weighted by Crippen LogP contribution is 2.13. The van der Waals surface area contributed by atoms with E-state index in [9.17, 15) is 9.59 Å². The first kappa shape index (κ1) is 15.5. The van der Waals surface area contributed by atoms with Crippen LogP contribution in [0.15, 0.2) is 17.1 Å². The highest BCUT2D eigenvalue weighted by Gasteiger charge is 2.21. The molecule has 0 N–H and O–H groups in total. The number of piperazine rings is 1. The lowest BCUT2D eigenvalue weighted by atomic mass is 10.2. The van der Waals surface area contributed by atoms with E-state index in [-0.39, 0.29) is 11.5 Å². The Bertz CT molecular complexity index is 535. The van der Waals surface area contributed by atoms with Gasteiger partial charge in [0.25, 0.3) is 5.56 Å². The van der Waals surface area contributed by atoms with Crippen molar-refractivity contribution in [3.63, 3.8) is 0 Å². The summed E-state index contributed by atoms with van der Waals surface area (Å²) in [4.78, 5) is 27.5. The number of anilines is 1. The maximum absolute atomic E-state index is 12.0. The van der Waals surface area contributed by atoms with E-state index in [1.165, 1.54) is 4.68 Å². The Labute approximate surface area is 124 Å². The van der Waals surface area contributed by atoms with E-state index in [2.05, 4.69) is 10.00 Å². The van der Waals surface area contributed by atoms with E-state index in [1.54, 1.807) is 19.3 Å². The normalized spacial score (nSPS) is 15.3. The van der Waals surface area contributed by atoms with Crippen molar-refractivity contribution in [3.8, 4) is 0 Å². The number of rotatable bonds is 5. The molecule has 7 heteroatoms. The van der Waals surface area contributed by atoms with Gasteiger partial charge in [-0.2, -0.15) is 5.10 Å². The van der Waals surface area contributed by atoms with E-state index in [0.29, 0.717) is 32.7 Å². The van der Waals surface area contributed by atoms with Crippen LogP contribution in [0.5, 0.6) is 0 Å². The van der Waals surface area contributed by atoms with Gasteiger partial charge in [-0.05, 0) is 6.92 Å². The van der Waals surface area contributed by atoms with Gasteiger partial charge in [0, 0.05) is 45.9 Å². The summed E-state index contributed by atoms with van der Waals surface area (Å²) in [6.45, 7) is 5.80. The Balaban J connectivity index is 1.86. The van der Waals surface area contributed by atoms with Gasteiger partial charge in [0.05, 0.1) is 24.9 Å². The number of ether oxygens (including phenoxy) is 1. The first-order valence-electron chi connectivity index (χ1n) is 7.25. The van der Waals surface area contributed by atoms with Crippen LogP contribution in [-0.4, -0.2) is 60.0 Å². The Kier molecular flexibility index (Phi) is 5.32. The summed E-state index contributed by atoms with van der Waals surface area (Å²) in [6, 6.07) is 1.58. The molecule has 0 unspecified atom stereocenters. The number of aryl methyl sites for hydroxylation is 1. The maximum Gasteiger partial charge on any atom is 0.268 e. The predicted octanol–water partition coefficient (Wildman–Crippen LogP) is -0.144. The topological polar surface area (TPSA) is 67.7 Å². The summed E-state index contributed by atoms with van der Waals surface area (Å²) in [5, 5.41) is 4.02. The summed E-state index contributed by atoms with van der Waals surface area (Å²) in [5.41, 5.74) is 0.697. The number of aromatic nitrogens is 2. The van der Waals surface area contributed by atoms with Crippen molar-refractivity contribution in [3.05, 3.63) is 22.6 Å². The molecule has 1 aliphatic rings. The molecule has 0 radical (unpaired) electrons. The van der Waals surface area contributed by atoms with Crippen molar-refractivity contribution < 1.29 is 9.53 Å². The zero-order valence-electron chi connectivity index (χ0n) is 12.6. The van der Waals surface area contributed by atoms with Crippen LogP contribution >= 0.6 is 0 Å². The van der Waals surface area contributed by atoms with Crippen LogP contribution in [0.25, 0.3) is 0 Å². The van der Waals surface area contributed by atoms with Crippen LogP contribution in [0.3, 0.4) is 0 Å². The van der Waals surface area contributed by atoms with Gasteiger partial charge in [-0.3, -0.25) is 9.59 Å². The molecule has 21 heavy (non-hydrogen) atoms. The molecule has 0 aliphatic carbocycles. The fraction of sp³-hybridized carbons (Fsp3) is 0.643. The Morgan fingerprint density at radius 2 is 2.05 bits per heavy atom. The monoisotopic (exact) mass is 294 g/mol. The molecule has 2 heterocycles. The Hall–Kier alpha value is -1.89. The first-order valence-corrected chi connectivity index (χ1v) is 7.25. The van der Waals surface area contributed by atoms with E-state index in [1.807, 2.05) is 11.8 Å². The van der Waals surface area contributed by atoms with Gasteiger partial charge in [0.2, 0.25) is 5.91 Å². The van der Waals surface area contributed by atoms with Gasteiger partial charge < -0.3 is 14.5 Å². The van der Waals surface area contributed by atoms with Crippen LogP contribution in [0, 0.1) is 0 Å². The minimum absolute atomic E-state index is 0.122. The predicted molar refractivity (Wildman–Crippen MR) is 79.4 cm³/mol. The first-order chi connectivity index (χ1) is 10.1. The second-order valence-corrected chi connectivity index (χ2v) is 4.99. The largest absolute Gasteiger partial charge is 0.381 e. The number of carbonyl (C=O) groups is 1. The maximum atomic E-state index is 12.0. The lowest BCUT2D eigenvalue weighted by Gasteiger charge is -2.35. The molecule has 1 fully saturated rings. The highest BCUT2D eigenvalue weighted by atomic mass is 16.5. The molecule has 1 amide bonds. The Morgan fingerprint density at radius 3 is 2.67 bits per heavy atom. The van der Waals surface area contributed by atoms with Gasteiger partial charge in [-0.1, -0.05) is 0 Å². The van der Waals surface area contributed by atoms with Gasteiger partial charge in [0.15, 0.2) is 0 Å². The molecule has 1 saturated heterocycles. The van der Waals surface area contributed by atoms with Crippen LogP contribution in [0.2, 0.25) is 0 Å². The van der Waals surface area contributed by atoms with Crippen molar-refractivity contribution in [1.29, 1.82) is 0 Å². The molecule has 0 saturated carbocycles. The SMILES string of the molecule is CCOCCC(=O)N1CCN(c2cnn(C)c(=O)c2)CC1. The van der Waals surface area contributed by atoms with Gasteiger partial charge >= 0.3 is 0 Å². The molecule has 2 rings (SSSR count). The van der Waals surface area contributed by atoms with Crippen LogP contribution in [0.4, 0.5) is 5.69 Å². The third-order valence-electron chi connectivity index (χ3n) is 3.62. The number of hydrogen-bond donors (Lipinski definition) is 0. The van der Waals surface area contributed by atoms with Crippen molar-refractivity contribution >= 4 is 11.6 Å². The smallest absolute Gasteiger partial charge is 0.268 e. The van der Waals surface area contributed by atoms with Crippen LogP contribution in [-0.2, 0) is 16.6 Å². The number of nitrogens with zero attached hydrogens (tertiary/aromatic N) is 4. The third-order valence-corrected chi connectivity index (χ3v) is 3.62. The summed E-state index contributed by atoms with van der Waals surface area (Å²) in [5.74, 6) is 0.130. The summed E-state index contributed by atoms with van der Waals surface area (Å²) in [6.07, 6.45) is 2.12. The molecule has 1 aromatic heterocycles. The van der Waals surface area contributed by atoms with Crippen molar-refractivity contribution in [2.45, 2.75) is 13.3 Å². The fourth-order valence-corrected chi connectivity index (χ4v) is 2.31. The van der Waals surface area contributed by atoms with E-state index in [0.717, 1.165) is 18.8 Å². The Morgan fingerprint density at radius 1 is 1.33 bits per heavy atom. The molecule has 0 bridgehead atoms. The zero-order valence-corrected chi connectivity index (χ0v) is 12.6. The molecular weight excluding hydrogens is 272 g/mol. The molecule has 1 aliphatic heterocycles. The van der Waals surface area contributed by atoms with Gasteiger partial charge in [0.1, 0.15) is 0 Å². The van der Waals surface area contributed by atoms with E-state index < -0.39 is 0 Å². The third kappa shape index (κ3) is 4.04. The standard InChI is InChI=1S/C14H22N4O3/c1-3-21-9-4-13(19)18-7-5-17(6-8-18)12-10-14(20)16(2)15-11-12/h10-11H,3-9H2,1-2H3. The second-order valence-electron chi connectivity index (χ2n) is 4.99. The molecular formula is C14H22N4O3. The average Bonchev–Trinajstić information content (AvgIpc) is 2.50. The van der Waals surface area contributed by atoms with Crippen molar-refractivity contribution in [2.75, 3.05) is 44.3 Å². The minimum Gasteiger partial charge on any atom is -0.381 e. The summed E-state index contributed by atoms with van der Waals surface area (Å²) in [7, 11) is 1.63. The molecule has 1 aromatic rings. The molecule has 0 aromatic carbocycles. The van der Waals surface area contributed by atoms with E-state index in [4.69, 9.17) is 4.74 Å². The number of amides is 1. The highest BCUT2D eigenvalue weighted by molar-refractivity contribution is 5.76. The quantitative estimate of drug-likeness (QED) is 0.707. The average molecular weight is 294 g/mol. The summed E-state index contributed by atoms with van der Waals surface area (Å²) >= 11 is 0. The molecule has 7 nitrogen and oxygen atoms in total. The lowest BCUT2D eigenvalue weighted by Crippen LogP contribution is -2.49. The molecule has 0 atom stereocenters. The number of carbonyl (C=O) groups excluding carboxylic acids is 1. The van der Waals surface area contributed by atoms with Crippen molar-refractivity contribution in [2.24, 2.45) is 7.05 Å². The van der Waals surface area contributed by atoms with Gasteiger partial charge in [-0.25, -0.2) is 4.68 Å². The molecule has 116 valence electrons. The van der Waals surface area contributed by atoms with Gasteiger partial charge in [-0.15, -0.1) is 0 Å². The van der Waals surface area contributed by atoms with Crippen molar-refractivity contribution in [1.82, 2.24) is 14.7 Å². The van der Waals surface area contributed by atoms with E-state index >= 15 is 0 Å². The van der Waals surface area contributed by atoms with Crippen LogP contribution in [0.1, 0.15) is 13.3 Å². The molecule has 0 spiro atoms. The summed E-state index contributed by atoms with van der Waals surface area (Å²) < 4.78 is 6.51. The zero-order chi connectivity index (χ0) is 15.2. The minimum atomic E-state index is -0.122. The van der Waals surface area contributed by atoms with Crippen LogP contribution < -0.4 is 10.5 Å². The number of hydrogen-bond acceptors (Lipinski definition) is 5. The fourth-order valence-electron chi connectivity index (χ4n) is 2.31. The second kappa shape index (κ2) is 7.21. The lowest BCUT2D eigenvalue weighted by molar-refractivity contribution is -0.132.